The number of nitrogens with one attached hydrogen (secondary N) is 1. The second-order valence-corrected chi connectivity index (χ2v) is 6.40. The molecule has 2 saturated heterocycles. The van der Waals surface area contributed by atoms with Crippen molar-refractivity contribution in [1.82, 2.24) is 5.32 Å². The number of hydrogen-bond donors (Lipinski definition) is 1. The zero-order valence-electron chi connectivity index (χ0n) is 10.0. The SMILES string of the molecule is CC(NC1CC2CCC1O2)c1ccc(I)cc1. The van der Waals surface area contributed by atoms with Crippen molar-refractivity contribution in [2.24, 2.45) is 0 Å². The highest BCUT2D eigenvalue weighted by Gasteiger charge is 2.40. The van der Waals surface area contributed by atoms with Gasteiger partial charge in [0.1, 0.15) is 0 Å². The summed E-state index contributed by atoms with van der Waals surface area (Å²) < 4.78 is 7.17. The molecule has 3 rings (SSSR count). The Balaban J connectivity index is 1.63. The van der Waals surface area contributed by atoms with E-state index in [2.05, 4.69) is 59.1 Å². The summed E-state index contributed by atoms with van der Waals surface area (Å²) in [5.41, 5.74) is 1.37. The maximum Gasteiger partial charge on any atom is 0.0733 e. The third-order valence-electron chi connectivity index (χ3n) is 3.94. The quantitative estimate of drug-likeness (QED) is 0.851. The Morgan fingerprint density at radius 1 is 1.29 bits per heavy atom. The van der Waals surface area contributed by atoms with Crippen molar-refractivity contribution in [2.75, 3.05) is 0 Å². The predicted octanol–water partition coefficient (Wildman–Crippen LogP) is 3.26. The summed E-state index contributed by atoms with van der Waals surface area (Å²) in [4.78, 5) is 0. The number of rotatable bonds is 3. The van der Waals surface area contributed by atoms with E-state index < -0.39 is 0 Å². The summed E-state index contributed by atoms with van der Waals surface area (Å²) in [6.45, 7) is 2.24. The third-order valence-corrected chi connectivity index (χ3v) is 4.66. The summed E-state index contributed by atoms with van der Waals surface area (Å²) in [6.07, 6.45) is 4.69. The van der Waals surface area contributed by atoms with E-state index in [1.165, 1.54) is 28.4 Å². The van der Waals surface area contributed by atoms with Crippen LogP contribution in [0.15, 0.2) is 24.3 Å². The first-order valence-electron chi connectivity index (χ1n) is 6.39. The summed E-state index contributed by atoms with van der Waals surface area (Å²) >= 11 is 2.34. The molecule has 4 unspecified atom stereocenters. The molecular weight excluding hydrogens is 325 g/mol. The average molecular weight is 343 g/mol. The summed E-state index contributed by atoms with van der Waals surface area (Å²) in [5.74, 6) is 0. The molecular formula is C14H18INO. The number of halogens is 1. The Morgan fingerprint density at radius 3 is 2.65 bits per heavy atom. The number of fused-ring (bicyclic) bond motifs is 2. The van der Waals surface area contributed by atoms with E-state index in [0.717, 1.165) is 0 Å². The van der Waals surface area contributed by atoms with Gasteiger partial charge < -0.3 is 10.1 Å². The van der Waals surface area contributed by atoms with Crippen molar-refractivity contribution in [3.05, 3.63) is 33.4 Å². The summed E-state index contributed by atoms with van der Waals surface area (Å²) in [6, 6.07) is 9.75. The smallest absolute Gasteiger partial charge is 0.0733 e. The van der Waals surface area contributed by atoms with Crippen LogP contribution in [0, 0.1) is 3.57 Å². The van der Waals surface area contributed by atoms with Gasteiger partial charge in [-0.25, -0.2) is 0 Å². The minimum atomic E-state index is 0.417. The van der Waals surface area contributed by atoms with Crippen LogP contribution in [0.2, 0.25) is 0 Å². The molecule has 0 aromatic heterocycles. The van der Waals surface area contributed by atoms with Gasteiger partial charge >= 0.3 is 0 Å². The van der Waals surface area contributed by atoms with E-state index in [4.69, 9.17) is 4.74 Å². The van der Waals surface area contributed by atoms with E-state index in [-0.39, 0.29) is 0 Å². The topological polar surface area (TPSA) is 21.3 Å². The second kappa shape index (κ2) is 4.86. The van der Waals surface area contributed by atoms with Gasteiger partial charge in [-0.15, -0.1) is 0 Å². The number of ether oxygens (including phenoxy) is 1. The van der Waals surface area contributed by atoms with Gasteiger partial charge in [-0.05, 0) is 66.5 Å². The van der Waals surface area contributed by atoms with Gasteiger partial charge in [-0.2, -0.15) is 0 Å². The number of benzene rings is 1. The Hall–Kier alpha value is -0.130. The molecule has 2 heterocycles. The van der Waals surface area contributed by atoms with Gasteiger partial charge in [0.25, 0.3) is 0 Å². The molecule has 2 nitrogen and oxygen atoms in total. The molecule has 0 amide bonds. The Kier molecular flexibility index (Phi) is 3.41. The summed E-state index contributed by atoms with van der Waals surface area (Å²) in [7, 11) is 0. The monoisotopic (exact) mass is 343 g/mol. The highest BCUT2D eigenvalue weighted by molar-refractivity contribution is 14.1. The van der Waals surface area contributed by atoms with E-state index in [1.54, 1.807) is 0 Å². The molecule has 1 N–H and O–H groups in total. The molecule has 0 aliphatic carbocycles. The van der Waals surface area contributed by atoms with Crippen LogP contribution in [0.4, 0.5) is 0 Å². The third kappa shape index (κ3) is 2.51. The molecule has 0 spiro atoms. The average Bonchev–Trinajstić information content (AvgIpc) is 2.91. The Morgan fingerprint density at radius 2 is 2.06 bits per heavy atom. The standard InChI is InChI=1S/C14H18INO/c1-9(10-2-4-11(15)5-3-10)16-13-8-12-6-7-14(13)17-12/h2-5,9,12-14,16H,6-8H2,1H3. The fourth-order valence-electron chi connectivity index (χ4n) is 2.98. The lowest BCUT2D eigenvalue weighted by molar-refractivity contribution is 0.0962. The van der Waals surface area contributed by atoms with Crippen LogP contribution in [0.1, 0.15) is 37.8 Å². The van der Waals surface area contributed by atoms with E-state index in [0.29, 0.717) is 24.3 Å². The van der Waals surface area contributed by atoms with Crippen LogP contribution >= 0.6 is 22.6 Å². The minimum absolute atomic E-state index is 0.417. The maximum absolute atomic E-state index is 5.88. The van der Waals surface area contributed by atoms with Crippen LogP contribution in [0.5, 0.6) is 0 Å². The van der Waals surface area contributed by atoms with Crippen molar-refractivity contribution in [1.29, 1.82) is 0 Å². The molecule has 2 bridgehead atoms. The van der Waals surface area contributed by atoms with Crippen LogP contribution in [0.3, 0.4) is 0 Å². The van der Waals surface area contributed by atoms with Crippen molar-refractivity contribution in [2.45, 2.75) is 50.5 Å². The molecule has 0 radical (unpaired) electrons. The van der Waals surface area contributed by atoms with Crippen LogP contribution < -0.4 is 5.32 Å². The molecule has 2 aliphatic rings. The van der Waals surface area contributed by atoms with E-state index in [9.17, 15) is 0 Å². The Bertz CT molecular complexity index is 392. The molecule has 92 valence electrons. The first kappa shape index (κ1) is 11.9. The lowest BCUT2D eigenvalue weighted by Gasteiger charge is -2.24. The predicted molar refractivity (Wildman–Crippen MR) is 77.0 cm³/mol. The molecule has 4 atom stereocenters. The molecule has 1 aromatic carbocycles. The fraction of sp³-hybridized carbons (Fsp3) is 0.571. The van der Waals surface area contributed by atoms with Crippen LogP contribution in [0.25, 0.3) is 0 Å². The lowest BCUT2D eigenvalue weighted by atomic mass is 9.94. The van der Waals surface area contributed by atoms with Crippen LogP contribution in [-0.4, -0.2) is 18.2 Å². The molecule has 2 fully saturated rings. The van der Waals surface area contributed by atoms with Gasteiger partial charge in [0, 0.05) is 15.7 Å². The first-order valence-corrected chi connectivity index (χ1v) is 7.47. The first-order chi connectivity index (χ1) is 8.22. The van der Waals surface area contributed by atoms with Gasteiger partial charge in [0.2, 0.25) is 0 Å². The van der Waals surface area contributed by atoms with Crippen molar-refractivity contribution in [3.8, 4) is 0 Å². The van der Waals surface area contributed by atoms with Crippen molar-refractivity contribution in [3.63, 3.8) is 0 Å². The highest BCUT2D eigenvalue weighted by atomic mass is 127. The van der Waals surface area contributed by atoms with Crippen molar-refractivity contribution < 1.29 is 4.74 Å². The number of hydrogen-bond acceptors (Lipinski definition) is 2. The van der Waals surface area contributed by atoms with Gasteiger partial charge in [-0.3, -0.25) is 0 Å². The van der Waals surface area contributed by atoms with E-state index >= 15 is 0 Å². The second-order valence-electron chi connectivity index (χ2n) is 5.16. The van der Waals surface area contributed by atoms with Crippen molar-refractivity contribution >= 4 is 22.6 Å². The molecule has 17 heavy (non-hydrogen) atoms. The van der Waals surface area contributed by atoms with Gasteiger partial charge in [0.15, 0.2) is 0 Å². The zero-order chi connectivity index (χ0) is 11.8. The van der Waals surface area contributed by atoms with Crippen LogP contribution in [-0.2, 0) is 4.74 Å². The highest BCUT2D eigenvalue weighted by Crippen LogP contribution is 2.35. The maximum atomic E-state index is 5.88. The van der Waals surface area contributed by atoms with E-state index in [1.807, 2.05) is 0 Å². The zero-order valence-corrected chi connectivity index (χ0v) is 12.2. The summed E-state index contributed by atoms with van der Waals surface area (Å²) in [5, 5.41) is 3.72. The molecule has 2 aliphatic heterocycles. The van der Waals surface area contributed by atoms with Gasteiger partial charge in [0.05, 0.1) is 12.2 Å². The normalized spacial score (nSPS) is 32.9. The molecule has 1 aromatic rings. The molecule has 3 heteroatoms. The molecule has 0 saturated carbocycles. The fourth-order valence-corrected chi connectivity index (χ4v) is 3.34. The van der Waals surface area contributed by atoms with Gasteiger partial charge in [-0.1, -0.05) is 12.1 Å². The largest absolute Gasteiger partial charge is 0.373 e. The minimum Gasteiger partial charge on any atom is -0.373 e. The lowest BCUT2D eigenvalue weighted by Crippen LogP contribution is -2.38. The Labute approximate surface area is 116 Å².